The van der Waals surface area contributed by atoms with Gasteiger partial charge in [0.25, 0.3) is 10.0 Å². The lowest BCUT2D eigenvalue weighted by Gasteiger charge is -2.28. The van der Waals surface area contributed by atoms with Crippen molar-refractivity contribution in [2.75, 3.05) is 6.54 Å². The Balaban J connectivity index is 2.38. The standard InChI is InChI=1S/C13H22ClN3O2S/c1-10(2)8-17(11-6-4-5-7-11)20(18,19)13-12(14)16(3)9-15-13/h9-11H,4-8H2,1-3H3. The van der Waals surface area contributed by atoms with Gasteiger partial charge in [-0.25, -0.2) is 13.4 Å². The maximum Gasteiger partial charge on any atom is 0.263 e. The molecule has 1 fully saturated rings. The van der Waals surface area contributed by atoms with Crippen molar-refractivity contribution >= 4 is 21.6 Å². The van der Waals surface area contributed by atoms with Gasteiger partial charge in [0.1, 0.15) is 5.15 Å². The topological polar surface area (TPSA) is 55.2 Å². The maximum absolute atomic E-state index is 12.9. The fourth-order valence-electron chi connectivity index (χ4n) is 2.67. The number of halogens is 1. The second kappa shape index (κ2) is 6.03. The van der Waals surface area contributed by atoms with Crippen LogP contribution in [-0.2, 0) is 17.1 Å². The summed E-state index contributed by atoms with van der Waals surface area (Å²) in [6.45, 7) is 4.56. The molecule has 5 nitrogen and oxygen atoms in total. The van der Waals surface area contributed by atoms with E-state index >= 15 is 0 Å². The minimum absolute atomic E-state index is 0.0192. The number of imidazole rings is 1. The van der Waals surface area contributed by atoms with Crippen molar-refractivity contribution in [3.63, 3.8) is 0 Å². The lowest BCUT2D eigenvalue weighted by atomic mass is 10.2. The van der Waals surface area contributed by atoms with Crippen molar-refractivity contribution in [1.29, 1.82) is 0 Å². The zero-order valence-corrected chi connectivity index (χ0v) is 13.8. The van der Waals surface area contributed by atoms with E-state index < -0.39 is 10.0 Å². The molecule has 20 heavy (non-hydrogen) atoms. The van der Waals surface area contributed by atoms with Crippen molar-refractivity contribution in [3.05, 3.63) is 11.5 Å². The summed E-state index contributed by atoms with van der Waals surface area (Å²) in [5.41, 5.74) is 0. The Kier molecular flexibility index (Phi) is 4.76. The minimum Gasteiger partial charge on any atom is -0.324 e. The van der Waals surface area contributed by atoms with Crippen LogP contribution in [0.5, 0.6) is 0 Å². The zero-order chi connectivity index (χ0) is 14.9. The van der Waals surface area contributed by atoms with Gasteiger partial charge in [0.15, 0.2) is 0 Å². The van der Waals surface area contributed by atoms with Crippen LogP contribution in [0.2, 0.25) is 5.15 Å². The average molecular weight is 320 g/mol. The van der Waals surface area contributed by atoms with Gasteiger partial charge in [0, 0.05) is 19.6 Å². The van der Waals surface area contributed by atoms with E-state index in [9.17, 15) is 8.42 Å². The summed E-state index contributed by atoms with van der Waals surface area (Å²) in [4.78, 5) is 3.99. The van der Waals surface area contributed by atoms with Crippen LogP contribution in [0.1, 0.15) is 39.5 Å². The van der Waals surface area contributed by atoms with E-state index in [0.29, 0.717) is 6.54 Å². The van der Waals surface area contributed by atoms with Crippen LogP contribution >= 0.6 is 11.6 Å². The van der Waals surface area contributed by atoms with E-state index in [2.05, 4.69) is 4.98 Å². The Morgan fingerprint density at radius 1 is 1.45 bits per heavy atom. The number of nitrogens with zero attached hydrogens (tertiary/aromatic N) is 3. The number of hydrogen-bond acceptors (Lipinski definition) is 3. The van der Waals surface area contributed by atoms with Crippen LogP contribution in [0.25, 0.3) is 0 Å². The summed E-state index contributed by atoms with van der Waals surface area (Å²) in [5.74, 6) is 0.271. The largest absolute Gasteiger partial charge is 0.324 e. The van der Waals surface area contributed by atoms with E-state index in [1.807, 2.05) is 13.8 Å². The Labute approximate surface area is 126 Å². The van der Waals surface area contributed by atoms with Crippen LogP contribution in [0.4, 0.5) is 0 Å². The first-order chi connectivity index (χ1) is 9.34. The molecular weight excluding hydrogens is 298 g/mol. The molecule has 0 unspecified atom stereocenters. The molecule has 2 rings (SSSR count). The summed E-state index contributed by atoms with van der Waals surface area (Å²) < 4.78 is 28.8. The van der Waals surface area contributed by atoms with E-state index in [1.54, 1.807) is 11.4 Å². The van der Waals surface area contributed by atoms with Crippen LogP contribution in [0, 0.1) is 5.92 Å². The highest BCUT2D eigenvalue weighted by Gasteiger charge is 2.36. The summed E-state index contributed by atoms with van der Waals surface area (Å²) in [6, 6.07) is 0.0838. The molecule has 0 radical (unpaired) electrons. The molecule has 0 N–H and O–H groups in total. The third-order valence-electron chi connectivity index (χ3n) is 3.66. The monoisotopic (exact) mass is 319 g/mol. The Morgan fingerprint density at radius 2 is 2.05 bits per heavy atom. The maximum atomic E-state index is 12.9. The Morgan fingerprint density at radius 3 is 2.50 bits per heavy atom. The van der Waals surface area contributed by atoms with E-state index in [1.165, 1.54) is 10.9 Å². The zero-order valence-electron chi connectivity index (χ0n) is 12.2. The first kappa shape index (κ1) is 15.8. The molecular formula is C13H22ClN3O2S. The fraction of sp³-hybridized carbons (Fsp3) is 0.769. The van der Waals surface area contributed by atoms with Crippen LogP contribution in [0.3, 0.4) is 0 Å². The number of hydrogen-bond donors (Lipinski definition) is 0. The van der Waals surface area contributed by atoms with Gasteiger partial charge < -0.3 is 4.57 Å². The van der Waals surface area contributed by atoms with Gasteiger partial charge in [0.05, 0.1) is 6.33 Å². The Bertz CT molecular complexity index is 562. The molecule has 0 saturated heterocycles. The third kappa shape index (κ3) is 3.02. The van der Waals surface area contributed by atoms with E-state index in [-0.39, 0.29) is 22.1 Å². The van der Waals surface area contributed by atoms with Crippen molar-refractivity contribution in [3.8, 4) is 0 Å². The predicted octanol–water partition coefficient (Wildman–Crippen LogP) is 2.66. The third-order valence-corrected chi connectivity index (χ3v) is 6.07. The lowest BCUT2D eigenvalue weighted by molar-refractivity contribution is 0.292. The fourth-order valence-corrected chi connectivity index (χ4v) is 4.92. The number of aromatic nitrogens is 2. The van der Waals surface area contributed by atoms with Gasteiger partial charge in [-0.15, -0.1) is 0 Å². The molecule has 0 bridgehead atoms. The van der Waals surface area contributed by atoms with E-state index in [4.69, 9.17) is 11.6 Å². The van der Waals surface area contributed by atoms with E-state index in [0.717, 1.165) is 25.7 Å². The highest BCUT2D eigenvalue weighted by Crippen LogP contribution is 2.31. The summed E-state index contributed by atoms with van der Waals surface area (Å²) in [5, 5.41) is 0.158. The molecule has 1 aromatic heterocycles. The smallest absolute Gasteiger partial charge is 0.263 e. The normalized spacial score (nSPS) is 17.5. The minimum atomic E-state index is -3.62. The first-order valence-corrected chi connectivity index (χ1v) is 8.84. The molecule has 1 aliphatic rings. The molecule has 114 valence electrons. The molecule has 0 aliphatic heterocycles. The summed E-state index contributed by atoms with van der Waals surface area (Å²) in [6.07, 6.45) is 5.47. The second-order valence-corrected chi connectivity index (χ2v) is 8.02. The molecule has 7 heteroatoms. The summed E-state index contributed by atoms with van der Waals surface area (Å²) >= 11 is 6.08. The molecule has 1 aliphatic carbocycles. The van der Waals surface area contributed by atoms with Crippen molar-refractivity contribution in [1.82, 2.24) is 13.9 Å². The molecule has 0 aromatic carbocycles. The molecule has 0 atom stereocenters. The SMILES string of the molecule is CC(C)CN(C1CCCC1)S(=O)(=O)c1ncn(C)c1Cl. The molecule has 1 saturated carbocycles. The van der Waals surface area contributed by atoms with Crippen LogP contribution < -0.4 is 0 Å². The first-order valence-electron chi connectivity index (χ1n) is 7.02. The second-order valence-electron chi connectivity index (χ2n) is 5.86. The molecule has 1 aromatic rings. The summed E-state index contributed by atoms with van der Waals surface area (Å²) in [7, 11) is -1.93. The van der Waals surface area contributed by atoms with Crippen LogP contribution in [-0.4, -0.2) is 34.9 Å². The van der Waals surface area contributed by atoms with Gasteiger partial charge in [-0.3, -0.25) is 0 Å². The molecule has 0 amide bonds. The van der Waals surface area contributed by atoms with Gasteiger partial charge in [-0.2, -0.15) is 4.31 Å². The van der Waals surface area contributed by atoms with Gasteiger partial charge in [-0.05, 0) is 18.8 Å². The number of aryl methyl sites for hydroxylation is 1. The van der Waals surface area contributed by atoms with Gasteiger partial charge >= 0.3 is 0 Å². The van der Waals surface area contributed by atoms with Crippen LogP contribution in [0.15, 0.2) is 11.4 Å². The number of sulfonamides is 1. The average Bonchev–Trinajstić information content (AvgIpc) is 2.98. The van der Waals surface area contributed by atoms with Gasteiger partial charge in [0.2, 0.25) is 5.03 Å². The predicted molar refractivity (Wildman–Crippen MR) is 79.2 cm³/mol. The van der Waals surface area contributed by atoms with Gasteiger partial charge in [-0.1, -0.05) is 38.3 Å². The molecule has 0 spiro atoms. The van der Waals surface area contributed by atoms with Crippen molar-refractivity contribution in [2.24, 2.45) is 13.0 Å². The van der Waals surface area contributed by atoms with Crippen molar-refractivity contribution in [2.45, 2.75) is 50.6 Å². The lowest BCUT2D eigenvalue weighted by Crippen LogP contribution is -2.41. The quantitative estimate of drug-likeness (QED) is 0.838. The highest BCUT2D eigenvalue weighted by molar-refractivity contribution is 7.89. The number of rotatable bonds is 5. The van der Waals surface area contributed by atoms with Crippen molar-refractivity contribution < 1.29 is 8.42 Å². The Hall–Kier alpha value is -0.590. The molecule has 1 heterocycles. The highest BCUT2D eigenvalue weighted by atomic mass is 35.5.